The fourth-order valence-electron chi connectivity index (χ4n) is 2.31. The number of thioether (sulfide) groups is 1. The van der Waals surface area contributed by atoms with Gasteiger partial charge in [-0.25, -0.2) is 0 Å². The highest BCUT2D eigenvalue weighted by Crippen LogP contribution is 2.40. The largest absolute Gasteiger partial charge is 0.299 e. The number of thiophene rings is 1. The van der Waals surface area contributed by atoms with E-state index >= 15 is 0 Å². The number of carbonyl (C=O) groups is 1. The van der Waals surface area contributed by atoms with Crippen molar-refractivity contribution in [2.24, 2.45) is 0 Å². The smallest absolute Gasteiger partial charge is 0.141 e. The first-order valence-electron chi connectivity index (χ1n) is 6.10. The Balaban J connectivity index is 1.67. The maximum atomic E-state index is 12.3. The van der Waals surface area contributed by atoms with Crippen molar-refractivity contribution < 1.29 is 4.79 Å². The van der Waals surface area contributed by atoms with Gasteiger partial charge in [-0.05, 0) is 40.4 Å². The molecule has 3 heteroatoms. The summed E-state index contributed by atoms with van der Waals surface area (Å²) in [6.07, 6.45) is 1.54. The van der Waals surface area contributed by atoms with Gasteiger partial charge in [0.05, 0.1) is 5.92 Å². The zero-order chi connectivity index (χ0) is 12.4. The molecule has 1 unspecified atom stereocenters. The van der Waals surface area contributed by atoms with Crippen LogP contribution in [0.2, 0.25) is 0 Å². The van der Waals surface area contributed by atoms with Gasteiger partial charge < -0.3 is 0 Å². The number of rotatable bonds is 4. The van der Waals surface area contributed by atoms with Gasteiger partial charge in [0.15, 0.2) is 0 Å². The molecule has 1 atom stereocenters. The summed E-state index contributed by atoms with van der Waals surface area (Å²) in [5.74, 6) is 1.42. The Hall–Kier alpha value is -1.06. The standard InChI is InChI=1S/C15H14OS2/c16-14(6-5-11-7-8-17-9-11)13-10-18-15-4-2-1-3-12(13)15/h1-4,7-9,13H,5-6,10H2. The first-order chi connectivity index (χ1) is 8.84. The number of aryl methyl sites for hydroxylation is 1. The number of ketones is 1. The van der Waals surface area contributed by atoms with Gasteiger partial charge in [-0.15, -0.1) is 11.8 Å². The van der Waals surface area contributed by atoms with E-state index in [0.29, 0.717) is 12.2 Å². The van der Waals surface area contributed by atoms with Crippen molar-refractivity contribution in [3.63, 3.8) is 0 Å². The van der Waals surface area contributed by atoms with E-state index in [1.165, 1.54) is 16.0 Å². The zero-order valence-corrected chi connectivity index (χ0v) is 11.6. The molecule has 0 amide bonds. The number of fused-ring (bicyclic) bond motifs is 1. The van der Waals surface area contributed by atoms with Crippen LogP contribution in [-0.4, -0.2) is 11.5 Å². The summed E-state index contributed by atoms with van der Waals surface area (Å²) in [7, 11) is 0. The van der Waals surface area contributed by atoms with Crippen LogP contribution >= 0.6 is 23.1 Å². The first kappa shape index (κ1) is 12.0. The molecule has 1 aliphatic heterocycles. The van der Waals surface area contributed by atoms with Gasteiger partial charge in [0.1, 0.15) is 5.78 Å². The lowest BCUT2D eigenvalue weighted by molar-refractivity contribution is -0.120. The van der Waals surface area contributed by atoms with Crippen molar-refractivity contribution >= 4 is 28.9 Å². The monoisotopic (exact) mass is 274 g/mol. The summed E-state index contributed by atoms with van der Waals surface area (Å²) in [5, 5.41) is 4.20. The molecule has 0 bridgehead atoms. The van der Waals surface area contributed by atoms with Gasteiger partial charge in [0, 0.05) is 17.1 Å². The van der Waals surface area contributed by atoms with E-state index in [4.69, 9.17) is 0 Å². The highest BCUT2D eigenvalue weighted by molar-refractivity contribution is 7.99. The minimum Gasteiger partial charge on any atom is -0.299 e. The lowest BCUT2D eigenvalue weighted by Crippen LogP contribution is -2.12. The number of benzene rings is 1. The Bertz CT molecular complexity index is 545. The van der Waals surface area contributed by atoms with Crippen molar-refractivity contribution in [2.75, 3.05) is 5.75 Å². The van der Waals surface area contributed by atoms with E-state index in [1.54, 1.807) is 11.3 Å². The molecule has 2 aromatic rings. The normalized spacial score (nSPS) is 17.7. The second-order valence-electron chi connectivity index (χ2n) is 4.50. The van der Waals surface area contributed by atoms with Crippen LogP contribution in [-0.2, 0) is 11.2 Å². The zero-order valence-electron chi connectivity index (χ0n) is 9.96. The van der Waals surface area contributed by atoms with Crippen LogP contribution in [0.1, 0.15) is 23.5 Å². The molecule has 0 N–H and O–H groups in total. The number of hydrogen-bond donors (Lipinski definition) is 0. The third kappa shape index (κ3) is 2.38. The molecule has 0 fully saturated rings. The third-order valence-corrected chi connectivity index (χ3v) is 5.24. The van der Waals surface area contributed by atoms with Crippen molar-refractivity contribution in [2.45, 2.75) is 23.7 Å². The predicted molar refractivity (Wildman–Crippen MR) is 77.6 cm³/mol. The average molecular weight is 274 g/mol. The second kappa shape index (κ2) is 5.29. The Morgan fingerprint density at radius 1 is 1.28 bits per heavy atom. The summed E-state index contributed by atoms with van der Waals surface area (Å²) >= 11 is 3.51. The Morgan fingerprint density at radius 3 is 3.00 bits per heavy atom. The minimum atomic E-state index is 0.116. The summed E-state index contributed by atoms with van der Waals surface area (Å²) in [6.45, 7) is 0. The van der Waals surface area contributed by atoms with Crippen LogP contribution in [0.25, 0.3) is 0 Å². The predicted octanol–water partition coefficient (Wildman–Crippen LogP) is 4.14. The maximum absolute atomic E-state index is 12.3. The first-order valence-corrected chi connectivity index (χ1v) is 8.03. The molecule has 18 heavy (non-hydrogen) atoms. The summed E-state index contributed by atoms with van der Waals surface area (Å²) in [4.78, 5) is 13.6. The summed E-state index contributed by atoms with van der Waals surface area (Å²) in [6, 6.07) is 10.4. The summed E-state index contributed by atoms with van der Waals surface area (Å²) < 4.78 is 0. The second-order valence-corrected chi connectivity index (χ2v) is 6.34. The Morgan fingerprint density at radius 2 is 2.17 bits per heavy atom. The highest BCUT2D eigenvalue weighted by Gasteiger charge is 2.28. The van der Waals surface area contributed by atoms with E-state index in [1.807, 2.05) is 23.9 Å². The van der Waals surface area contributed by atoms with E-state index in [-0.39, 0.29) is 5.92 Å². The van der Waals surface area contributed by atoms with Crippen molar-refractivity contribution in [3.05, 3.63) is 52.2 Å². The van der Waals surface area contributed by atoms with Gasteiger partial charge in [0.25, 0.3) is 0 Å². The van der Waals surface area contributed by atoms with Gasteiger partial charge in [-0.3, -0.25) is 4.79 Å². The topological polar surface area (TPSA) is 17.1 Å². The average Bonchev–Trinajstić information content (AvgIpc) is 3.05. The molecule has 0 saturated carbocycles. The molecule has 0 aliphatic carbocycles. The molecule has 0 radical (unpaired) electrons. The number of hydrogen-bond acceptors (Lipinski definition) is 3. The molecule has 92 valence electrons. The molecule has 0 saturated heterocycles. The molecule has 1 nitrogen and oxygen atoms in total. The van der Waals surface area contributed by atoms with E-state index in [0.717, 1.165) is 12.2 Å². The highest BCUT2D eigenvalue weighted by atomic mass is 32.2. The maximum Gasteiger partial charge on any atom is 0.141 e. The quantitative estimate of drug-likeness (QED) is 0.833. The van der Waals surface area contributed by atoms with Crippen molar-refractivity contribution in [1.82, 2.24) is 0 Å². The number of carbonyl (C=O) groups excluding carboxylic acids is 1. The van der Waals surface area contributed by atoms with Crippen molar-refractivity contribution in [1.29, 1.82) is 0 Å². The van der Waals surface area contributed by atoms with Crippen LogP contribution in [0.15, 0.2) is 46.0 Å². The molecule has 2 heterocycles. The van der Waals surface area contributed by atoms with Gasteiger partial charge in [-0.1, -0.05) is 18.2 Å². The molecule has 1 aromatic carbocycles. The lowest BCUT2D eigenvalue weighted by Gasteiger charge is -2.08. The fraction of sp³-hybridized carbons (Fsp3) is 0.267. The van der Waals surface area contributed by atoms with Crippen LogP contribution in [0.5, 0.6) is 0 Å². The minimum absolute atomic E-state index is 0.116. The van der Waals surface area contributed by atoms with Gasteiger partial charge in [0.2, 0.25) is 0 Å². The van der Waals surface area contributed by atoms with E-state index in [2.05, 4.69) is 29.0 Å². The molecular weight excluding hydrogens is 260 g/mol. The van der Waals surface area contributed by atoms with Gasteiger partial charge in [-0.2, -0.15) is 11.3 Å². The summed E-state index contributed by atoms with van der Waals surface area (Å²) in [5.41, 5.74) is 2.52. The van der Waals surface area contributed by atoms with Crippen molar-refractivity contribution in [3.8, 4) is 0 Å². The van der Waals surface area contributed by atoms with E-state index in [9.17, 15) is 4.79 Å². The van der Waals surface area contributed by atoms with Crippen LogP contribution in [0.3, 0.4) is 0 Å². The Labute approximate surface area is 115 Å². The molecule has 0 spiro atoms. The van der Waals surface area contributed by atoms with Gasteiger partial charge >= 0.3 is 0 Å². The van der Waals surface area contributed by atoms with Crippen LogP contribution in [0.4, 0.5) is 0 Å². The third-order valence-electron chi connectivity index (χ3n) is 3.33. The Kier molecular flexibility index (Phi) is 3.52. The number of Topliss-reactive ketones (excluding diaryl/α,β-unsaturated/α-hetero) is 1. The SMILES string of the molecule is O=C(CCc1ccsc1)C1CSc2ccccc21. The lowest BCUT2D eigenvalue weighted by atomic mass is 9.93. The van der Waals surface area contributed by atoms with Crippen LogP contribution in [0, 0.1) is 0 Å². The molecule has 1 aliphatic rings. The fourth-order valence-corrected chi connectivity index (χ4v) is 4.27. The van der Waals surface area contributed by atoms with Crippen LogP contribution < -0.4 is 0 Å². The molecular formula is C15H14OS2. The van der Waals surface area contributed by atoms with E-state index < -0.39 is 0 Å². The molecule has 3 rings (SSSR count). The molecule has 1 aromatic heterocycles.